The third-order valence-corrected chi connectivity index (χ3v) is 5.16. The van der Waals surface area contributed by atoms with Gasteiger partial charge in [0.15, 0.2) is 0 Å². The SMILES string of the molecule is C1=C\CC/C=C\CC/1.C1COCCOCCOCCOCCOCCO1.[Co].[K].c1ccc(-c2ccccn2)nc1. The smallest absolute Gasteiger partial charge is 0.0886 e. The average molecular weight is 627 g/mol. The molecule has 40 heavy (non-hydrogen) atoms. The van der Waals surface area contributed by atoms with Crippen molar-refractivity contribution in [1.29, 1.82) is 0 Å². The van der Waals surface area contributed by atoms with Gasteiger partial charge in [-0.15, -0.1) is 0 Å². The Kier molecular flexibility index (Phi) is 31.4. The summed E-state index contributed by atoms with van der Waals surface area (Å²) in [4.78, 5) is 8.37. The molecule has 0 saturated carbocycles. The summed E-state index contributed by atoms with van der Waals surface area (Å²) in [7, 11) is 0. The van der Waals surface area contributed by atoms with E-state index in [1.165, 1.54) is 25.7 Å². The number of rotatable bonds is 1. The fraction of sp³-hybridized carbons (Fsp3) is 0.533. The molecule has 0 aromatic carbocycles. The van der Waals surface area contributed by atoms with E-state index in [1.54, 1.807) is 12.4 Å². The van der Waals surface area contributed by atoms with E-state index < -0.39 is 0 Å². The molecular weight excluding hydrogens is 582 g/mol. The molecule has 3 heterocycles. The summed E-state index contributed by atoms with van der Waals surface area (Å²) in [6, 6.07) is 11.6. The van der Waals surface area contributed by atoms with Crippen LogP contribution in [0, 0.1) is 0 Å². The molecule has 8 nitrogen and oxygen atoms in total. The summed E-state index contributed by atoms with van der Waals surface area (Å²) < 4.78 is 32.0. The van der Waals surface area contributed by atoms with E-state index in [0.717, 1.165) is 11.4 Å². The molecule has 0 amide bonds. The maximum Gasteiger partial charge on any atom is 0.0886 e. The van der Waals surface area contributed by atoms with Gasteiger partial charge in [-0.25, -0.2) is 0 Å². The van der Waals surface area contributed by atoms with Crippen LogP contribution in [0.2, 0.25) is 0 Å². The Morgan fingerprint density at radius 1 is 0.400 bits per heavy atom. The van der Waals surface area contributed by atoms with Crippen LogP contribution in [0.4, 0.5) is 0 Å². The first kappa shape index (κ1) is 39.7. The van der Waals surface area contributed by atoms with Gasteiger partial charge in [0.1, 0.15) is 0 Å². The number of ether oxygens (including phenoxy) is 6. The van der Waals surface area contributed by atoms with Crippen LogP contribution < -0.4 is 0 Å². The van der Waals surface area contributed by atoms with Gasteiger partial charge in [-0.05, 0) is 49.9 Å². The zero-order chi connectivity index (χ0) is 26.6. The number of hydrogen-bond donors (Lipinski definition) is 0. The van der Waals surface area contributed by atoms with Crippen molar-refractivity contribution < 1.29 is 45.2 Å². The molecule has 2 aromatic heterocycles. The topological polar surface area (TPSA) is 81.2 Å². The van der Waals surface area contributed by atoms with E-state index in [4.69, 9.17) is 28.4 Å². The molecule has 0 spiro atoms. The van der Waals surface area contributed by atoms with Gasteiger partial charge in [-0.3, -0.25) is 9.97 Å². The van der Waals surface area contributed by atoms with Crippen LogP contribution in [0.25, 0.3) is 11.4 Å². The average Bonchev–Trinajstić information content (AvgIpc) is 2.94. The quantitative estimate of drug-likeness (QED) is 0.338. The molecule has 1 saturated heterocycles. The minimum Gasteiger partial charge on any atom is -0.377 e. The van der Waals surface area contributed by atoms with Crippen molar-refractivity contribution in [2.75, 3.05) is 79.3 Å². The minimum atomic E-state index is 0. The molecule has 2 aliphatic rings. The Morgan fingerprint density at radius 3 is 0.850 bits per heavy atom. The first-order chi connectivity index (χ1) is 19.0. The Morgan fingerprint density at radius 2 is 0.650 bits per heavy atom. The van der Waals surface area contributed by atoms with Crippen molar-refractivity contribution in [3.8, 4) is 11.4 Å². The van der Waals surface area contributed by atoms with Gasteiger partial charge in [-0.2, -0.15) is 0 Å². The molecule has 10 heteroatoms. The summed E-state index contributed by atoms with van der Waals surface area (Å²) >= 11 is 0. The maximum absolute atomic E-state index is 5.33. The second kappa shape index (κ2) is 31.6. The van der Waals surface area contributed by atoms with Crippen LogP contribution >= 0.6 is 0 Å². The van der Waals surface area contributed by atoms with Crippen LogP contribution in [-0.2, 0) is 45.2 Å². The molecule has 1 aliphatic carbocycles. The molecule has 0 atom stereocenters. The van der Waals surface area contributed by atoms with Gasteiger partial charge in [0, 0.05) is 80.6 Å². The second-order valence-electron chi connectivity index (χ2n) is 8.20. The molecule has 0 bridgehead atoms. The predicted molar refractivity (Wildman–Crippen MR) is 155 cm³/mol. The van der Waals surface area contributed by atoms with Crippen molar-refractivity contribution in [2.24, 2.45) is 0 Å². The van der Waals surface area contributed by atoms with Gasteiger partial charge in [0.25, 0.3) is 0 Å². The molecule has 1 fully saturated rings. The molecule has 0 N–H and O–H groups in total. The normalized spacial score (nSPS) is 19.3. The van der Waals surface area contributed by atoms with Gasteiger partial charge in [-0.1, -0.05) is 36.4 Å². The molecule has 1 aliphatic heterocycles. The van der Waals surface area contributed by atoms with E-state index in [1.807, 2.05) is 36.4 Å². The van der Waals surface area contributed by atoms with Gasteiger partial charge in [0.2, 0.25) is 0 Å². The molecule has 2 radical (unpaired) electrons. The van der Waals surface area contributed by atoms with Gasteiger partial charge in [0.05, 0.1) is 90.7 Å². The fourth-order valence-electron chi connectivity index (χ4n) is 3.20. The standard InChI is InChI=1S/C12H24O6.C10H8N2.C8H12.Co.K/c1-2-14-5-6-16-9-10-18-12-11-17-8-7-15-4-3-13-1;1-3-7-11-9(5-1)10-6-2-4-8-12-10;1-2-4-6-8-7-5-3-1;;/h1-12H2;1-8H;1-2,7-8H,3-6H2;;/b;;2-1-,8-7-;;. The first-order valence-electron chi connectivity index (χ1n) is 13.6. The molecule has 4 rings (SSSR count). The summed E-state index contributed by atoms with van der Waals surface area (Å²) in [6.45, 7) is 7.04. The van der Waals surface area contributed by atoms with Crippen LogP contribution in [0.15, 0.2) is 73.1 Å². The number of pyridine rings is 2. The number of nitrogens with zero attached hydrogens (tertiary/aromatic N) is 2. The van der Waals surface area contributed by atoms with Crippen molar-refractivity contribution in [1.82, 2.24) is 9.97 Å². The number of aromatic nitrogens is 2. The van der Waals surface area contributed by atoms with Gasteiger partial charge < -0.3 is 28.4 Å². The first-order valence-corrected chi connectivity index (χ1v) is 13.6. The molecular formula is C30H44CoKN2O6. The monoisotopic (exact) mass is 626 g/mol. The van der Waals surface area contributed by atoms with Crippen LogP contribution in [0.1, 0.15) is 25.7 Å². The van der Waals surface area contributed by atoms with Gasteiger partial charge >= 0.3 is 0 Å². The molecule has 2 aromatic rings. The predicted octanol–water partition coefficient (Wildman–Crippen LogP) is 4.53. The van der Waals surface area contributed by atoms with E-state index in [0.29, 0.717) is 79.3 Å². The number of allylic oxidation sites excluding steroid dienone is 4. The van der Waals surface area contributed by atoms with Crippen LogP contribution in [0.5, 0.6) is 0 Å². The van der Waals surface area contributed by atoms with Crippen molar-refractivity contribution in [3.05, 3.63) is 73.1 Å². The zero-order valence-electron chi connectivity index (χ0n) is 23.9. The van der Waals surface area contributed by atoms with E-state index in [9.17, 15) is 0 Å². The summed E-state index contributed by atoms with van der Waals surface area (Å²) in [5, 5.41) is 0. The summed E-state index contributed by atoms with van der Waals surface area (Å²) in [5.74, 6) is 0. The Balaban J connectivity index is 0.000000598. The van der Waals surface area contributed by atoms with Crippen LogP contribution in [0.3, 0.4) is 0 Å². The third-order valence-electron chi connectivity index (χ3n) is 5.16. The Bertz CT molecular complexity index is 695. The van der Waals surface area contributed by atoms with E-state index in [-0.39, 0.29) is 68.2 Å². The van der Waals surface area contributed by atoms with Crippen molar-refractivity contribution in [2.45, 2.75) is 25.7 Å². The van der Waals surface area contributed by atoms with Crippen molar-refractivity contribution in [3.63, 3.8) is 0 Å². The summed E-state index contributed by atoms with van der Waals surface area (Å²) in [5.41, 5.74) is 1.83. The Labute approximate surface area is 293 Å². The minimum absolute atomic E-state index is 0. The van der Waals surface area contributed by atoms with Crippen LogP contribution in [-0.4, -0.2) is 141 Å². The van der Waals surface area contributed by atoms with Crippen molar-refractivity contribution >= 4 is 51.4 Å². The number of hydrogen-bond acceptors (Lipinski definition) is 8. The second-order valence-corrected chi connectivity index (χ2v) is 8.20. The summed E-state index contributed by atoms with van der Waals surface area (Å²) in [6.07, 6.45) is 17.5. The zero-order valence-corrected chi connectivity index (χ0v) is 28.1. The maximum atomic E-state index is 5.33. The van der Waals surface area contributed by atoms with E-state index in [2.05, 4.69) is 34.3 Å². The Hall–Kier alpha value is -0.317. The molecule has 220 valence electrons. The van der Waals surface area contributed by atoms with E-state index >= 15 is 0 Å². The largest absolute Gasteiger partial charge is 0.377 e. The third kappa shape index (κ3) is 24.3. The fourth-order valence-corrected chi connectivity index (χ4v) is 3.20. The molecule has 0 unspecified atom stereocenters.